The molecular formula is C12H26IN. The molecule has 0 aliphatic rings. The Bertz CT molecular complexity index is 144. The molecule has 2 heteroatoms. The first kappa shape index (κ1) is 14.7. The van der Waals surface area contributed by atoms with Crippen LogP contribution in [-0.2, 0) is 0 Å². The van der Waals surface area contributed by atoms with Crippen LogP contribution >= 0.6 is 22.6 Å². The fourth-order valence-electron chi connectivity index (χ4n) is 2.03. The molecule has 0 aromatic rings. The highest BCUT2D eigenvalue weighted by Crippen LogP contribution is 2.32. The van der Waals surface area contributed by atoms with Gasteiger partial charge in [-0.2, -0.15) is 0 Å². The molecule has 0 aliphatic heterocycles. The van der Waals surface area contributed by atoms with Crippen molar-refractivity contribution >= 4 is 22.6 Å². The van der Waals surface area contributed by atoms with Crippen molar-refractivity contribution in [3.05, 3.63) is 0 Å². The van der Waals surface area contributed by atoms with Gasteiger partial charge in [-0.15, -0.1) is 0 Å². The summed E-state index contributed by atoms with van der Waals surface area (Å²) in [4.78, 5) is 2.60. The topological polar surface area (TPSA) is 3.24 Å². The van der Waals surface area contributed by atoms with E-state index in [1.807, 2.05) is 0 Å². The number of alkyl halides is 1. The quantitative estimate of drug-likeness (QED) is 0.427. The molecule has 14 heavy (non-hydrogen) atoms. The Balaban J connectivity index is 4.81. The van der Waals surface area contributed by atoms with Crippen molar-refractivity contribution in [2.75, 3.05) is 4.55 Å². The molecule has 0 saturated carbocycles. The number of halogens is 1. The third-order valence-electron chi connectivity index (χ3n) is 2.75. The van der Waals surface area contributed by atoms with Gasteiger partial charge in [0.25, 0.3) is 0 Å². The van der Waals surface area contributed by atoms with Crippen LogP contribution in [0.5, 0.6) is 0 Å². The van der Waals surface area contributed by atoms with Crippen LogP contribution in [0, 0.1) is 5.41 Å². The summed E-state index contributed by atoms with van der Waals surface area (Å²) in [6.45, 7) is 16.2. The average Bonchev–Trinajstić information content (AvgIpc) is 1.94. The third kappa shape index (κ3) is 4.05. The molecule has 0 heterocycles. The molecule has 0 aromatic heterocycles. The van der Waals surface area contributed by atoms with E-state index < -0.39 is 0 Å². The zero-order valence-corrected chi connectivity index (χ0v) is 13.0. The molecule has 0 amide bonds. The second-order valence-electron chi connectivity index (χ2n) is 6.05. The Labute approximate surface area is 104 Å². The second kappa shape index (κ2) is 5.15. The van der Waals surface area contributed by atoms with E-state index >= 15 is 0 Å². The first-order valence-corrected chi connectivity index (χ1v) is 6.99. The van der Waals surface area contributed by atoms with E-state index in [2.05, 4.69) is 76.0 Å². The first-order valence-electron chi connectivity index (χ1n) is 5.47. The van der Waals surface area contributed by atoms with E-state index in [9.17, 15) is 0 Å². The number of hydrogen-bond acceptors (Lipinski definition) is 1. The van der Waals surface area contributed by atoms with Crippen molar-refractivity contribution in [3.63, 3.8) is 0 Å². The molecule has 1 nitrogen and oxygen atoms in total. The van der Waals surface area contributed by atoms with Crippen LogP contribution in [-0.4, -0.2) is 21.0 Å². The van der Waals surface area contributed by atoms with Crippen LogP contribution in [0.4, 0.5) is 0 Å². The molecule has 86 valence electrons. The second-order valence-corrected chi connectivity index (χ2v) is 6.73. The minimum Gasteiger partial charge on any atom is -0.286 e. The minimum absolute atomic E-state index is 0.273. The molecule has 1 atom stereocenters. The van der Waals surface area contributed by atoms with Gasteiger partial charge in [-0.1, -0.05) is 50.3 Å². The normalized spacial score (nSPS) is 16.1. The molecule has 0 aliphatic carbocycles. The van der Waals surface area contributed by atoms with E-state index in [1.165, 1.54) is 6.42 Å². The summed E-state index contributed by atoms with van der Waals surface area (Å²) in [5, 5.41) is 0. The van der Waals surface area contributed by atoms with E-state index in [0.717, 1.165) is 4.55 Å². The molecular weight excluding hydrogens is 285 g/mol. The fraction of sp³-hybridized carbons (Fsp3) is 1.00. The van der Waals surface area contributed by atoms with Crippen LogP contribution in [0.25, 0.3) is 0 Å². The highest BCUT2D eigenvalue weighted by Gasteiger charge is 2.34. The van der Waals surface area contributed by atoms with Gasteiger partial charge in [-0.25, -0.2) is 0 Å². The lowest BCUT2D eigenvalue weighted by atomic mass is 9.82. The number of hydrogen-bond donors (Lipinski definition) is 0. The SMILES string of the molecule is CCC(N(CI)C(C)(C)C)C(C)(C)C. The Morgan fingerprint density at radius 1 is 1.07 bits per heavy atom. The molecule has 0 N–H and O–H groups in total. The van der Waals surface area contributed by atoms with Gasteiger partial charge in [0, 0.05) is 11.6 Å². The molecule has 1 unspecified atom stereocenters. The van der Waals surface area contributed by atoms with Gasteiger partial charge < -0.3 is 0 Å². The summed E-state index contributed by atoms with van der Waals surface area (Å²) in [5.41, 5.74) is 0.641. The van der Waals surface area contributed by atoms with Crippen molar-refractivity contribution < 1.29 is 0 Å². The van der Waals surface area contributed by atoms with Gasteiger partial charge in [0.2, 0.25) is 0 Å². The van der Waals surface area contributed by atoms with E-state index in [4.69, 9.17) is 0 Å². The Morgan fingerprint density at radius 3 is 1.57 bits per heavy atom. The maximum Gasteiger partial charge on any atom is 0.0513 e. The lowest BCUT2D eigenvalue weighted by Gasteiger charge is -2.46. The summed E-state index contributed by atoms with van der Waals surface area (Å²) >= 11 is 2.48. The average molecular weight is 311 g/mol. The fourth-order valence-corrected chi connectivity index (χ4v) is 3.53. The van der Waals surface area contributed by atoms with Gasteiger partial charge in [-0.05, 0) is 32.6 Å². The van der Waals surface area contributed by atoms with Crippen molar-refractivity contribution in [2.45, 2.75) is 66.5 Å². The van der Waals surface area contributed by atoms with Gasteiger partial charge in [0.05, 0.1) is 4.55 Å². The van der Waals surface area contributed by atoms with Crippen molar-refractivity contribution in [3.8, 4) is 0 Å². The highest BCUT2D eigenvalue weighted by atomic mass is 127. The maximum absolute atomic E-state index is 2.60. The highest BCUT2D eigenvalue weighted by molar-refractivity contribution is 14.1. The van der Waals surface area contributed by atoms with Crippen molar-refractivity contribution in [1.82, 2.24) is 4.90 Å². The molecule has 0 rings (SSSR count). The zero-order chi connectivity index (χ0) is 11.6. The number of rotatable bonds is 3. The number of nitrogens with zero attached hydrogens (tertiary/aromatic N) is 1. The van der Waals surface area contributed by atoms with E-state index in [-0.39, 0.29) is 5.54 Å². The van der Waals surface area contributed by atoms with Gasteiger partial charge in [-0.3, -0.25) is 4.90 Å². The predicted octanol–water partition coefficient (Wildman–Crippen LogP) is 4.30. The van der Waals surface area contributed by atoms with Crippen LogP contribution in [0.3, 0.4) is 0 Å². The Morgan fingerprint density at radius 2 is 1.50 bits per heavy atom. The zero-order valence-electron chi connectivity index (χ0n) is 10.8. The molecule has 0 radical (unpaired) electrons. The largest absolute Gasteiger partial charge is 0.286 e. The first-order chi connectivity index (χ1) is 6.14. The van der Waals surface area contributed by atoms with Gasteiger partial charge in [0.15, 0.2) is 0 Å². The minimum atomic E-state index is 0.273. The Hall–Kier alpha value is 0.690. The van der Waals surface area contributed by atoms with E-state index in [0.29, 0.717) is 11.5 Å². The lowest BCUT2D eigenvalue weighted by Crippen LogP contribution is -2.52. The smallest absolute Gasteiger partial charge is 0.0513 e. The van der Waals surface area contributed by atoms with Crippen LogP contribution in [0.2, 0.25) is 0 Å². The standard InChI is InChI=1S/C12H26IN/c1-8-10(11(2,3)4)14(9-13)12(5,6)7/h10H,8-9H2,1-7H3. The molecule has 0 saturated heterocycles. The van der Waals surface area contributed by atoms with Crippen molar-refractivity contribution in [1.29, 1.82) is 0 Å². The van der Waals surface area contributed by atoms with Gasteiger partial charge >= 0.3 is 0 Å². The monoisotopic (exact) mass is 311 g/mol. The summed E-state index contributed by atoms with van der Waals surface area (Å²) in [7, 11) is 0. The predicted molar refractivity (Wildman–Crippen MR) is 74.0 cm³/mol. The summed E-state index contributed by atoms with van der Waals surface area (Å²) < 4.78 is 1.11. The van der Waals surface area contributed by atoms with Gasteiger partial charge in [0.1, 0.15) is 0 Å². The summed E-state index contributed by atoms with van der Waals surface area (Å²) in [6, 6.07) is 0.666. The van der Waals surface area contributed by atoms with Crippen LogP contribution < -0.4 is 0 Å². The van der Waals surface area contributed by atoms with Crippen LogP contribution in [0.1, 0.15) is 54.9 Å². The molecule has 0 bridgehead atoms. The maximum atomic E-state index is 2.60. The van der Waals surface area contributed by atoms with Crippen LogP contribution in [0.15, 0.2) is 0 Å². The summed E-state index contributed by atoms with van der Waals surface area (Å²) in [5.74, 6) is 0. The van der Waals surface area contributed by atoms with E-state index in [1.54, 1.807) is 0 Å². The molecule has 0 aromatic carbocycles. The lowest BCUT2D eigenvalue weighted by molar-refractivity contribution is 0.0422. The molecule has 0 fully saturated rings. The van der Waals surface area contributed by atoms with Crippen molar-refractivity contribution in [2.24, 2.45) is 5.41 Å². The summed E-state index contributed by atoms with van der Waals surface area (Å²) in [6.07, 6.45) is 1.23. The third-order valence-corrected chi connectivity index (χ3v) is 3.49. The Kier molecular flexibility index (Phi) is 5.40. The molecule has 0 spiro atoms.